The highest BCUT2D eigenvalue weighted by Crippen LogP contribution is 2.23. The topological polar surface area (TPSA) is 58.7 Å². The van der Waals surface area contributed by atoms with Crippen LogP contribution in [0.25, 0.3) is 0 Å². The first kappa shape index (κ1) is 12.1. The van der Waals surface area contributed by atoms with Crippen molar-refractivity contribution in [1.82, 2.24) is 9.55 Å². The molecule has 0 aliphatic rings. The molecule has 0 N–H and O–H groups in total. The molecular formula is C14H13N3O. The molecule has 0 amide bonds. The van der Waals surface area contributed by atoms with Gasteiger partial charge in [-0.2, -0.15) is 5.26 Å². The number of aryl methyl sites for hydroxylation is 1. The molecule has 0 saturated carbocycles. The van der Waals surface area contributed by atoms with Crippen molar-refractivity contribution in [3.63, 3.8) is 0 Å². The van der Waals surface area contributed by atoms with Gasteiger partial charge in [-0.15, -0.1) is 0 Å². The Morgan fingerprint density at radius 1 is 1.44 bits per heavy atom. The van der Waals surface area contributed by atoms with Gasteiger partial charge in [0.05, 0.1) is 24.5 Å². The van der Waals surface area contributed by atoms with Crippen LogP contribution in [0.1, 0.15) is 28.4 Å². The largest absolute Gasteiger partial charge is 0.331 e. The van der Waals surface area contributed by atoms with Crippen LogP contribution in [0.3, 0.4) is 0 Å². The van der Waals surface area contributed by atoms with Gasteiger partial charge >= 0.3 is 0 Å². The molecule has 0 bridgehead atoms. The summed E-state index contributed by atoms with van der Waals surface area (Å²) >= 11 is 0. The van der Waals surface area contributed by atoms with E-state index in [0.29, 0.717) is 5.69 Å². The van der Waals surface area contributed by atoms with Crippen LogP contribution < -0.4 is 0 Å². The van der Waals surface area contributed by atoms with Crippen LogP contribution in [0.4, 0.5) is 0 Å². The lowest BCUT2D eigenvalue weighted by Gasteiger charge is -2.12. The molecule has 0 spiro atoms. The van der Waals surface area contributed by atoms with E-state index in [1.54, 1.807) is 17.9 Å². The Bertz CT molecular complexity index is 581. The molecule has 1 aromatic heterocycles. The summed E-state index contributed by atoms with van der Waals surface area (Å²) < 4.78 is 1.68. The molecule has 18 heavy (non-hydrogen) atoms. The Kier molecular flexibility index (Phi) is 3.54. The summed E-state index contributed by atoms with van der Waals surface area (Å²) in [6.07, 6.45) is 3.30. The van der Waals surface area contributed by atoms with E-state index in [0.717, 1.165) is 5.56 Å². The van der Waals surface area contributed by atoms with Crippen molar-refractivity contribution in [3.8, 4) is 6.07 Å². The Morgan fingerprint density at radius 3 is 2.72 bits per heavy atom. The van der Waals surface area contributed by atoms with E-state index in [4.69, 9.17) is 5.26 Å². The molecule has 0 aliphatic carbocycles. The van der Waals surface area contributed by atoms with Crippen molar-refractivity contribution in [2.45, 2.75) is 12.3 Å². The van der Waals surface area contributed by atoms with Gasteiger partial charge in [-0.25, -0.2) is 4.98 Å². The molecule has 0 saturated heterocycles. The molecule has 0 radical (unpaired) electrons. The Balaban J connectivity index is 2.35. The van der Waals surface area contributed by atoms with Crippen LogP contribution in [-0.2, 0) is 7.05 Å². The number of aromatic nitrogens is 2. The van der Waals surface area contributed by atoms with Crippen LogP contribution in [0.15, 0.2) is 42.9 Å². The fourth-order valence-corrected chi connectivity index (χ4v) is 1.91. The predicted molar refractivity (Wildman–Crippen MR) is 67.0 cm³/mol. The van der Waals surface area contributed by atoms with Gasteiger partial charge in [0.25, 0.3) is 0 Å². The maximum Gasteiger partial charge on any atom is 0.189 e. The number of hydrogen-bond donors (Lipinski definition) is 0. The Hall–Kier alpha value is -2.41. The predicted octanol–water partition coefficient (Wildman–Crippen LogP) is 2.30. The lowest BCUT2D eigenvalue weighted by Crippen LogP contribution is -2.15. The first-order valence-electron chi connectivity index (χ1n) is 5.66. The van der Waals surface area contributed by atoms with Gasteiger partial charge < -0.3 is 4.57 Å². The molecule has 0 aliphatic heterocycles. The highest BCUT2D eigenvalue weighted by atomic mass is 16.1. The lowest BCUT2D eigenvalue weighted by molar-refractivity contribution is 0.0952. The molecule has 2 aromatic rings. The standard InChI is InChI=1S/C14H13N3O/c1-17-10-16-9-13(17)14(18)12(7-8-15)11-5-3-2-4-6-11/h2-6,9-10,12H,7H2,1H3. The zero-order valence-electron chi connectivity index (χ0n) is 10.1. The van der Waals surface area contributed by atoms with Crippen molar-refractivity contribution in [1.29, 1.82) is 5.26 Å². The molecule has 1 aromatic carbocycles. The minimum absolute atomic E-state index is 0.0669. The van der Waals surface area contributed by atoms with Gasteiger partial charge in [0, 0.05) is 13.5 Å². The third-order valence-corrected chi connectivity index (χ3v) is 2.88. The van der Waals surface area contributed by atoms with Gasteiger partial charge in [0.1, 0.15) is 5.69 Å². The summed E-state index contributed by atoms with van der Waals surface area (Å²) in [4.78, 5) is 16.3. The molecular weight excluding hydrogens is 226 g/mol. The van der Waals surface area contributed by atoms with Crippen LogP contribution >= 0.6 is 0 Å². The molecule has 4 nitrogen and oxygen atoms in total. The monoisotopic (exact) mass is 239 g/mol. The van der Waals surface area contributed by atoms with Crippen LogP contribution in [0, 0.1) is 11.3 Å². The maximum absolute atomic E-state index is 12.4. The van der Waals surface area contributed by atoms with Gasteiger partial charge in [-0.05, 0) is 5.56 Å². The van der Waals surface area contributed by atoms with E-state index in [2.05, 4.69) is 11.1 Å². The van der Waals surface area contributed by atoms with Crippen LogP contribution in [0.5, 0.6) is 0 Å². The molecule has 0 fully saturated rings. The van der Waals surface area contributed by atoms with Gasteiger partial charge in [-0.1, -0.05) is 30.3 Å². The first-order chi connectivity index (χ1) is 8.74. The van der Waals surface area contributed by atoms with Crippen molar-refractivity contribution >= 4 is 5.78 Å². The number of rotatable bonds is 4. The Morgan fingerprint density at radius 2 is 2.17 bits per heavy atom. The first-order valence-corrected chi connectivity index (χ1v) is 5.66. The second-order valence-corrected chi connectivity index (χ2v) is 4.08. The third-order valence-electron chi connectivity index (χ3n) is 2.88. The van der Waals surface area contributed by atoms with E-state index in [-0.39, 0.29) is 12.2 Å². The Labute approximate surface area is 106 Å². The molecule has 1 heterocycles. The second kappa shape index (κ2) is 5.28. The highest BCUT2D eigenvalue weighted by molar-refractivity contribution is 5.99. The van der Waals surface area contributed by atoms with E-state index >= 15 is 0 Å². The number of carbonyl (C=O) groups is 1. The van der Waals surface area contributed by atoms with E-state index in [9.17, 15) is 4.79 Å². The summed E-state index contributed by atoms with van der Waals surface area (Å²) in [5, 5.41) is 8.89. The number of nitrogens with zero attached hydrogens (tertiary/aromatic N) is 3. The number of benzene rings is 1. The second-order valence-electron chi connectivity index (χ2n) is 4.08. The van der Waals surface area contributed by atoms with Crippen LogP contribution in [0.2, 0.25) is 0 Å². The fraction of sp³-hybridized carbons (Fsp3) is 0.214. The summed E-state index contributed by atoms with van der Waals surface area (Å²) in [6.45, 7) is 0. The number of carbonyl (C=O) groups excluding carboxylic acids is 1. The third kappa shape index (κ3) is 2.30. The average molecular weight is 239 g/mol. The number of imidazole rings is 1. The minimum atomic E-state index is -0.424. The quantitative estimate of drug-likeness (QED) is 0.769. The van der Waals surface area contributed by atoms with Crippen molar-refractivity contribution in [2.75, 3.05) is 0 Å². The zero-order chi connectivity index (χ0) is 13.0. The van der Waals surface area contributed by atoms with Gasteiger partial charge in [0.2, 0.25) is 0 Å². The van der Waals surface area contributed by atoms with Gasteiger partial charge in [0.15, 0.2) is 5.78 Å². The van der Waals surface area contributed by atoms with Crippen molar-refractivity contribution < 1.29 is 4.79 Å². The molecule has 1 unspecified atom stereocenters. The molecule has 4 heteroatoms. The maximum atomic E-state index is 12.4. The smallest absolute Gasteiger partial charge is 0.189 e. The van der Waals surface area contributed by atoms with E-state index < -0.39 is 5.92 Å². The van der Waals surface area contributed by atoms with Gasteiger partial charge in [-0.3, -0.25) is 4.79 Å². The SMILES string of the molecule is Cn1cncc1C(=O)C(CC#N)c1ccccc1. The summed E-state index contributed by atoms with van der Waals surface area (Å²) in [7, 11) is 1.77. The lowest BCUT2D eigenvalue weighted by atomic mass is 9.90. The normalized spacial score (nSPS) is 11.8. The number of nitriles is 1. The zero-order valence-corrected chi connectivity index (χ0v) is 10.1. The molecule has 90 valence electrons. The number of hydrogen-bond acceptors (Lipinski definition) is 3. The van der Waals surface area contributed by atoms with Crippen LogP contribution in [-0.4, -0.2) is 15.3 Å². The van der Waals surface area contributed by atoms with E-state index in [1.165, 1.54) is 6.20 Å². The minimum Gasteiger partial charge on any atom is -0.331 e. The van der Waals surface area contributed by atoms with Crippen molar-refractivity contribution in [3.05, 3.63) is 54.1 Å². The fourth-order valence-electron chi connectivity index (χ4n) is 1.91. The summed E-state index contributed by atoms with van der Waals surface area (Å²) in [6, 6.07) is 11.5. The van der Waals surface area contributed by atoms with Crippen molar-refractivity contribution in [2.24, 2.45) is 7.05 Å². The average Bonchev–Trinajstić information content (AvgIpc) is 2.82. The summed E-state index contributed by atoms with van der Waals surface area (Å²) in [5.41, 5.74) is 1.39. The summed E-state index contributed by atoms with van der Waals surface area (Å²) in [5.74, 6) is -0.491. The van der Waals surface area contributed by atoms with E-state index in [1.807, 2.05) is 30.3 Å². The molecule has 2 rings (SSSR count). The molecule has 1 atom stereocenters. The number of Topliss-reactive ketones (excluding diaryl/α,β-unsaturated/α-hetero) is 1. The number of ketones is 1. The highest BCUT2D eigenvalue weighted by Gasteiger charge is 2.23.